The zero-order valence-electron chi connectivity index (χ0n) is 2.76. The smallest absolute Gasteiger partial charge is 1.00 e. The summed E-state index contributed by atoms with van der Waals surface area (Å²) in [6.07, 6.45) is 0. The predicted molar refractivity (Wildman–Crippen MR) is 10.4 cm³/mol. The summed E-state index contributed by atoms with van der Waals surface area (Å²) in [5.41, 5.74) is 0. The van der Waals surface area contributed by atoms with Crippen molar-refractivity contribution < 1.29 is 41.5 Å². The molecule has 32 valence electrons. The Morgan fingerprint density at radius 1 is 1.33 bits per heavy atom. The first-order valence-electron chi connectivity index (χ1n) is 0.548. The molecule has 0 radical (unpaired) electrons. The summed E-state index contributed by atoms with van der Waals surface area (Å²) < 4.78 is 0. The molecule has 0 rings (SSSR count). The Morgan fingerprint density at radius 3 is 1.33 bits per heavy atom. The average Bonchev–Trinajstić information content (AvgIpc) is 0.811. The third-order valence-corrected chi connectivity index (χ3v) is 0. The van der Waals surface area contributed by atoms with Crippen molar-refractivity contribution in [3.05, 3.63) is 15.3 Å². The second-order valence-corrected chi connectivity index (χ2v) is 0.224. The van der Waals surface area contributed by atoms with Gasteiger partial charge in [-0.05, 0) is 0 Å². The number of hydrogen-bond donors (Lipinski definition) is 0. The molecule has 0 aliphatic rings. The van der Waals surface area contributed by atoms with Crippen molar-refractivity contribution in [2.45, 2.75) is 0 Å². The third-order valence-electron chi connectivity index (χ3n) is 0. The maximum absolute atomic E-state index is 8.25. The fraction of sp³-hybridized carbons (Fsp3) is 0. The predicted octanol–water partition coefficient (Wildman–Crippen LogP) is -3.24. The van der Waals surface area contributed by atoms with Crippen LogP contribution >= 0.6 is 0 Å². The van der Waals surface area contributed by atoms with E-state index in [4.69, 9.17) is 15.3 Å². The molecule has 0 aromatic heterocycles. The number of rotatable bonds is 0. The fourth-order valence-electron chi connectivity index (χ4n) is 0. The molecule has 0 bridgehead atoms. The first-order valence-corrected chi connectivity index (χ1v) is 0.548. The molecule has 0 aliphatic carbocycles. The zero-order chi connectivity index (χ0) is 3.58. The Hall–Kier alpha value is 0.303. The molecule has 6 heteroatoms. The standard InChI is InChI=1S/BrH.NO3.Zn/c;2-1(3)4;/h1H;;/q;-1;+2/p-1. The summed E-state index contributed by atoms with van der Waals surface area (Å²) in [4.78, 5) is 8.25. The summed E-state index contributed by atoms with van der Waals surface area (Å²) in [6.45, 7) is 0. The summed E-state index contributed by atoms with van der Waals surface area (Å²) >= 11 is 0. The topological polar surface area (TPSA) is 66.2 Å². The molecule has 0 heterocycles. The average molecular weight is 207 g/mol. The second-order valence-electron chi connectivity index (χ2n) is 0.224. The molecule has 6 heavy (non-hydrogen) atoms. The SMILES string of the molecule is O=[N+]([O-])[O-].[Br-].[Zn+2]. The maximum Gasteiger partial charge on any atom is 2.00 e. The Labute approximate surface area is 57.2 Å². The van der Waals surface area contributed by atoms with E-state index in [0.717, 1.165) is 0 Å². The summed E-state index contributed by atoms with van der Waals surface area (Å²) in [5.74, 6) is 0. The molecule has 0 unspecified atom stereocenters. The minimum absolute atomic E-state index is 0. The van der Waals surface area contributed by atoms with Crippen molar-refractivity contribution in [1.82, 2.24) is 0 Å². The van der Waals surface area contributed by atoms with Crippen molar-refractivity contribution in [3.63, 3.8) is 0 Å². The molecule has 0 saturated carbocycles. The van der Waals surface area contributed by atoms with Crippen molar-refractivity contribution in [1.29, 1.82) is 0 Å². The van der Waals surface area contributed by atoms with E-state index in [9.17, 15) is 0 Å². The van der Waals surface area contributed by atoms with Crippen LogP contribution in [0.5, 0.6) is 0 Å². The quantitative estimate of drug-likeness (QED) is 0.238. The van der Waals surface area contributed by atoms with Crippen LogP contribution in [0.2, 0.25) is 0 Å². The zero-order valence-corrected chi connectivity index (χ0v) is 7.31. The molecule has 0 aromatic carbocycles. The Kier molecular flexibility index (Phi) is 24.4. The maximum atomic E-state index is 8.25. The summed E-state index contributed by atoms with van der Waals surface area (Å²) in [7, 11) is 0. The molecule has 0 N–H and O–H groups in total. The van der Waals surface area contributed by atoms with Crippen LogP contribution in [0.25, 0.3) is 0 Å². The van der Waals surface area contributed by atoms with Gasteiger partial charge in [0, 0.05) is 0 Å². The Balaban J connectivity index is -0.0000000450. The van der Waals surface area contributed by atoms with E-state index in [1.54, 1.807) is 0 Å². The second kappa shape index (κ2) is 9.00. The van der Waals surface area contributed by atoms with E-state index < -0.39 is 5.09 Å². The van der Waals surface area contributed by atoms with E-state index in [1.807, 2.05) is 0 Å². The van der Waals surface area contributed by atoms with E-state index in [-0.39, 0.29) is 36.5 Å². The van der Waals surface area contributed by atoms with Gasteiger partial charge in [-0.15, -0.1) is 0 Å². The molecular weight excluding hydrogens is 207 g/mol. The van der Waals surface area contributed by atoms with Gasteiger partial charge in [-0.25, -0.2) is 0 Å². The Morgan fingerprint density at radius 2 is 1.33 bits per heavy atom. The van der Waals surface area contributed by atoms with Gasteiger partial charge in [0.05, 0.1) is 5.09 Å². The van der Waals surface area contributed by atoms with Crippen LogP contribution in [-0.4, -0.2) is 5.09 Å². The van der Waals surface area contributed by atoms with Crippen LogP contribution in [0, 0.1) is 15.3 Å². The molecule has 0 atom stereocenters. The number of nitrogens with zero attached hydrogens (tertiary/aromatic N) is 1. The van der Waals surface area contributed by atoms with Crippen LogP contribution in [0.15, 0.2) is 0 Å². The minimum Gasteiger partial charge on any atom is -1.00 e. The minimum atomic E-state index is -1.75. The van der Waals surface area contributed by atoms with Crippen molar-refractivity contribution in [3.8, 4) is 0 Å². The van der Waals surface area contributed by atoms with Gasteiger partial charge in [0.2, 0.25) is 0 Å². The fourth-order valence-corrected chi connectivity index (χ4v) is 0. The molecule has 4 nitrogen and oxygen atoms in total. The number of halogens is 1. The van der Waals surface area contributed by atoms with Crippen molar-refractivity contribution in [2.24, 2.45) is 0 Å². The first-order chi connectivity index (χ1) is 1.73. The first kappa shape index (κ1) is 16.2. The normalized spacial score (nSPS) is 4.00. The molecule has 0 aromatic rings. The van der Waals surface area contributed by atoms with Gasteiger partial charge in [-0.1, -0.05) is 0 Å². The van der Waals surface area contributed by atoms with Gasteiger partial charge >= 0.3 is 19.5 Å². The largest absolute Gasteiger partial charge is 2.00 e. The van der Waals surface area contributed by atoms with Crippen LogP contribution in [0.1, 0.15) is 0 Å². The van der Waals surface area contributed by atoms with Gasteiger partial charge in [-0.3, -0.25) is 0 Å². The molecule has 0 saturated heterocycles. The number of hydrogen-bond acceptors (Lipinski definition) is 3. The molecular formula is BrNO3Zn. The molecule has 0 spiro atoms. The van der Waals surface area contributed by atoms with Crippen LogP contribution in [0.3, 0.4) is 0 Å². The van der Waals surface area contributed by atoms with Crippen molar-refractivity contribution in [2.75, 3.05) is 0 Å². The monoisotopic (exact) mass is 205 g/mol. The van der Waals surface area contributed by atoms with E-state index >= 15 is 0 Å². The van der Waals surface area contributed by atoms with Gasteiger partial charge < -0.3 is 32.3 Å². The summed E-state index contributed by atoms with van der Waals surface area (Å²) in [5, 5.41) is 14.8. The molecule has 0 fully saturated rings. The molecule has 0 amide bonds. The van der Waals surface area contributed by atoms with Gasteiger partial charge in [-0.2, -0.15) is 0 Å². The third kappa shape index (κ3) is 510. The van der Waals surface area contributed by atoms with Gasteiger partial charge in [0.15, 0.2) is 0 Å². The van der Waals surface area contributed by atoms with E-state index in [0.29, 0.717) is 0 Å². The van der Waals surface area contributed by atoms with Gasteiger partial charge in [0.25, 0.3) is 0 Å². The molecule has 0 aliphatic heterocycles. The van der Waals surface area contributed by atoms with Crippen LogP contribution < -0.4 is 17.0 Å². The van der Waals surface area contributed by atoms with Crippen LogP contribution in [0.4, 0.5) is 0 Å². The summed E-state index contributed by atoms with van der Waals surface area (Å²) in [6, 6.07) is 0. The van der Waals surface area contributed by atoms with Crippen LogP contribution in [-0.2, 0) is 19.5 Å². The van der Waals surface area contributed by atoms with E-state index in [2.05, 4.69) is 0 Å². The Bertz CT molecular complexity index is 33.8. The van der Waals surface area contributed by atoms with Gasteiger partial charge in [0.1, 0.15) is 0 Å². The van der Waals surface area contributed by atoms with E-state index in [1.165, 1.54) is 0 Å². The van der Waals surface area contributed by atoms with Crippen molar-refractivity contribution >= 4 is 0 Å².